The highest BCUT2D eigenvalue weighted by atomic mass is 16.2. The van der Waals surface area contributed by atoms with Crippen LogP contribution in [0.15, 0.2) is 30.9 Å². The van der Waals surface area contributed by atoms with Crippen LogP contribution in [0, 0.1) is 5.92 Å². The van der Waals surface area contributed by atoms with Crippen LogP contribution >= 0.6 is 0 Å². The van der Waals surface area contributed by atoms with Gasteiger partial charge in [-0.3, -0.25) is 4.79 Å². The molecular formula is C19H25N7O. The van der Waals surface area contributed by atoms with Crippen LogP contribution in [-0.4, -0.2) is 70.0 Å². The number of nitrogens with zero attached hydrogens (tertiary/aromatic N) is 7. The van der Waals surface area contributed by atoms with Crippen molar-refractivity contribution in [3.8, 4) is 0 Å². The van der Waals surface area contributed by atoms with Gasteiger partial charge in [-0.15, -0.1) is 0 Å². The van der Waals surface area contributed by atoms with E-state index in [4.69, 9.17) is 0 Å². The fourth-order valence-electron chi connectivity index (χ4n) is 3.56. The van der Waals surface area contributed by atoms with Gasteiger partial charge in [0.2, 0.25) is 5.95 Å². The number of anilines is 2. The Labute approximate surface area is 159 Å². The molecule has 142 valence electrons. The number of carbonyl (C=O) groups excluding carboxylic acids is 1. The molecule has 2 saturated heterocycles. The summed E-state index contributed by atoms with van der Waals surface area (Å²) in [5.74, 6) is 2.29. The standard InChI is InChI=1S/C19H25N7O/c1-15-3-7-24(8-4-15)17-14-22-16(13-23-17)18(27)25-9-11-26(12-10-25)19-20-5-2-6-21-19/h2,5-6,13-15H,3-4,7-12H2,1H3. The molecule has 0 unspecified atom stereocenters. The quantitative estimate of drug-likeness (QED) is 0.813. The predicted molar refractivity (Wildman–Crippen MR) is 103 cm³/mol. The van der Waals surface area contributed by atoms with Crippen molar-refractivity contribution in [2.45, 2.75) is 19.8 Å². The smallest absolute Gasteiger partial charge is 0.274 e. The summed E-state index contributed by atoms with van der Waals surface area (Å²) in [5.41, 5.74) is 0.411. The lowest BCUT2D eigenvalue weighted by Gasteiger charge is -2.34. The van der Waals surface area contributed by atoms with Crippen molar-refractivity contribution in [2.75, 3.05) is 49.1 Å². The molecule has 2 aromatic heterocycles. The Balaban J connectivity index is 1.35. The molecule has 1 amide bonds. The summed E-state index contributed by atoms with van der Waals surface area (Å²) in [7, 11) is 0. The molecule has 2 fully saturated rings. The Morgan fingerprint density at radius 1 is 0.889 bits per heavy atom. The van der Waals surface area contributed by atoms with E-state index in [1.165, 1.54) is 12.8 Å². The summed E-state index contributed by atoms with van der Waals surface area (Å²) in [6.07, 6.45) is 9.18. The summed E-state index contributed by atoms with van der Waals surface area (Å²) < 4.78 is 0. The Morgan fingerprint density at radius 3 is 2.22 bits per heavy atom. The van der Waals surface area contributed by atoms with Crippen molar-refractivity contribution in [2.24, 2.45) is 5.92 Å². The average Bonchev–Trinajstić information content (AvgIpc) is 2.75. The third-order valence-electron chi connectivity index (χ3n) is 5.37. The van der Waals surface area contributed by atoms with Gasteiger partial charge >= 0.3 is 0 Å². The molecular weight excluding hydrogens is 342 g/mol. The number of aromatic nitrogens is 4. The SMILES string of the molecule is CC1CCN(c2cnc(C(=O)N3CCN(c4ncccn4)CC3)cn2)CC1. The predicted octanol–water partition coefficient (Wildman–Crippen LogP) is 1.47. The van der Waals surface area contributed by atoms with E-state index in [9.17, 15) is 4.79 Å². The largest absolute Gasteiger partial charge is 0.355 e. The summed E-state index contributed by atoms with van der Waals surface area (Å²) in [6.45, 7) is 6.99. The molecule has 2 aromatic rings. The lowest BCUT2D eigenvalue weighted by atomic mass is 9.99. The molecule has 0 spiro atoms. The molecule has 0 radical (unpaired) electrons. The lowest BCUT2D eigenvalue weighted by molar-refractivity contribution is 0.0740. The van der Waals surface area contributed by atoms with E-state index in [0.29, 0.717) is 37.8 Å². The van der Waals surface area contributed by atoms with Gasteiger partial charge in [0.15, 0.2) is 0 Å². The Morgan fingerprint density at radius 2 is 1.59 bits per heavy atom. The van der Waals surface area contributed by atoms with Crippen molar-refractivity contribution in [3.05, 3.63) is 36.5 Å². The minimum atomic E-state index is -0.0602. The van der Waals surface area contributed by atoms with Crippen molar-refractivity contribution in [1.82, 2.24) is 24.8 Å². The molecule has 0 bridgehead atoms. The van der Waals surface area contributed by atoms with Gasteiger partial charge in [-0.05, 0) is 24.8 Å². The Hall–Kier alpha value is -2.77. The Bertz CT molecular complexity index is 751. The fourth-order valence-corrected chi connectivity index (χ4v) is 3.56. The molecule has 2 aliphatic heterocycles. The zero-order valence-corrected chi connectivity index (χ0v) is 15.7. The number of amides is 1. The van der Waals surface area contributed by atoms with Gasteiger partial charge in [-0.1, -0.05) is 6.92 Å². The van der Waals surface area contributed by atoms with Gasteiger partial charge < -0.3 is 14.7 Å². The zero-order valence-electron chi connectivity index (χ0n) is 15.7. The summed E-state index contributed by atoms with van der Waals surface area (Å²) >= 11 is 0. The minimum absolute atomic E-state index is 0.0602. The van der Waals surface area contributed by atoms with Crippen LogP contribution < -0.4 is 9.80 Å². The molecule has 8 heteroatoms. The summed E-state index contributed by atoms with van der Waals surface area (Å²) in [4.78, 5) is 36.3. The average molecular weight is 367 g/mol. The molecule has 0 atom stereocenters. The van der Waals surface area contributed by atoms with Gasteiger partial charge in [0.1, 0.15) is 11.5 Å². The molecule has 8 nitrogen and oxygen atoms in total. The topological polar surface area (TPSA) is 78.4 Å². The van der Waals surface area contributed by atoms with Crippen LogP contribution in [-0.2, 0) is 0 Å². The van der Waals surface area contributed by atoms with Crippen LogP contribution in [0.3, 0.4) is 0 Å². The van der Waals surface area contributed by atoms with Crippen LogP contribution in [0.25, 0.3) is 0 Å². The molecule has 27 heavy (non-hydrogen) atoms. The fraction of sp³-hybridized carbons (Fsp3) is 0.526. The van der Waals surface area contributed by atoms with E-state index in [1.54, 1.807) is 30.9 Å². The molecule has 0 aromatic carbocycles. The van der Waals surface area contributed by atoms with Crippen molar-refractivity contribution >= 4 is 17.7 Å². The van der Waals surface area contributed by atoms with E-state index >= 15 is 0 Å². The maximum absolute atomic E-state index is 12.7. The number of piperidine rings is 1. The summed E-state index contributed by atoms with van der Waals surface area (Å²) in [6, 6.07) is 1.80. The van der Waals surface area contributed by atoms with E-state index in [1.807, 2.05) is 4.90 Å². The van der Waals surface area contributed by atoms with E-state index in [-0.39, 0.29) is 5.91 Å². The molecule has 4 heterocycles. The number of hydrogen-bond donors (Lipinski definition) is 0. The van der Waals surface area contributed by atoms with Crippen molar-refractivity contribution in [1.29, 1.82) is 0 Å². The van der Waals surface area contributed by atoms with Gasteiger partial charge in [0.05, 0.1) is 12.4 Å². The maximum Gasteiger partial charge on any atom is 0.274 e. The van der Waals surface area contributed by atoms with E-state index < -0.39 is 0 Å². The van der Waals surface area contributed by atoms with Crippen LogP contribution in [0.2, 0.25) is 0 Å². The number of carbonyl (C=O) groups is 1. The number of rotatable bonds is 3. The van der Waals surface area contributed by atoms with Gasteiger partial charge in [0, 0.05) is 51.7 Å². The second-order valence-electron chi connectivity index (χ2n) is 7.26. The highest BCUT2D eigenvalue weighted by Gasteiger charge is 2.25. The highest BCUT2D eigenvalue weighted by molar-refractivity contribution is 5.92. The molecule has 4 rings (SSSR count). The second-order valence-corrected chi connectivity index (χ2v) is 7.26. The van der Waals surface area contributed by atoms with Crippen molar-refractivity contribution < 1.29 is 4.79 Å². The lowest BCUT2D eigenvalue weighted by Crippen LogP contribution is -2.49. The third kappa shape index (κ3) is 3.99. The van der Waals surface area contributed by atoms with Gasteiger partial charge in [0.25, 0.3) is 5.91 Å². The normalized spacial score (nSPS) is 18.6. The first-order valence-electron chi connectivity index (χ1n) is 9.59. The first-order chi connectivity index (χ1) is 13.2. The summed E-state index contributed by atoms with van der Waals surface area (Å²) in [5, 5.41) is 0. The monoisotopic (exact) mass is 367 g/mol. The highest BCUT2D eigenvalue weighted by Crippen LogP contribution is 2.21. The van der Waals surface area contributed by atoms with Crippen molar-refractivity contribution in [3.63, 3.8) is 0 Å². The maximum atomic E-state index is 12.7. The van der Waals surface area contributed by atoms with Gasteiger partial charge in [-0.25, -0.2) is 19.9 Å². The van der Waals surface area contributed by atoms with E-state index in [0.717, 1.165) is 24.8 Å². The minimum Gasteiger partial charge on any atom is -0.355 e. The van der Waals surface area contributed by atoms with Gasteiger partial charge in [-0.2, -0.15) is 0 Å². The van der Waals surface area contributed by atoms with Crippen LogP contribution in [0.5, 0.6) is 0 Å². The zero-order chi connectivity index (χ0) is 18.6. The first kappa shape index (κ1) is 17.6. The molecule has 2 aliphatic rings. The first-order valence-corrected chi connectivity index (χ1v) is 9.59. The Kier molecular flexibility index (Phi) is 5.13. The molecule has 0 saturated carbocycles. The number of piperazine rings is 1. The third-order valence-corrected chi connectivity index (χ3v) is 5.37. The molecule has 0 aliphatic carbocycles. The number of hydrogen-bond acceptors (Lipinski definition) is 7. The second kappa shape index (κ2) is 7.85. The van der Waals surface area contributed by atoms with E-state index in [2.05, 4.69) is 36.7 Å². The van der Waals surface area contributed by atoms with Crippen LogP contribution in [0.1, 0.15) is 30.3 Å². The molecule has 0 N–H and O–H groups in total. The van der Waals surface area contributed by atoms with Crippen LogP contribution in [0.4, 0.5) is 11.8 Å².